The molecule has 3 aromatic rings. The zero-order valence-corrected chi connectivity index (χ0v) is 18.1. The highest BCUT2D eigenvalue weighted by molar-refractivity contribution is 6.32. The van der Waals surface area contributed by atoms with Gasteiger partial charge in [0, 0.05) is 5.56 Å². The smallest absolute Gasteiger partial charge is 0.363 e. The molecule has 0 fully saturated rings. The highest BCUT2D eigenvalue weighted by atomic mass is 35.5. The van der Waals surface area contributed by atoms with Crippen LogP contribution in [0.4, 0.5) is 0 Å². The quantitative estimate of drug-likeness (QED) is 0.257. The number of cyclic esters (lactones) is 1. The van der Waals surface area contributed by atoms with Gasteiger partial charge in [-0.25, -0.2) is 9.79 Å². The molecule has 1 aliphatic rings. The van der Waals surface area contributed by atoms with Crippen molar-refractivity contribution in [1.29, 1.82) is 0 Å². The van der Waals surface area contributed by atoms with Crippen LogP contribution >= 0.6 is 11.6 Å². The van der Waals surface area contributed by atoms with Crippen LogP contribution < -0.4 is 9.47 Å². The van der Waals surface area contributed by atoms with Crippen molar-refractivity contribution in [2.45, 2.75) is 0 Å². The van der Waals surface area contributed by atoms with Crippen LogP contribution in [-0.2, 0) is 9.53 Å². The molecule has 1 heterocycles. The first kappa shape index (κ1) is 21.4. The van der Waals surface area contributed by atoms with Gasteiger partial charge in [-0.1, -0.05) is 66.7 Å². The number of benzene rings is 3. The van der Waals surface area contributed by atoms with Gasteiger partial charge in [0.25, 0.3) is 0 Å². The molecule has 160 valence electrons. The van der Waals surface area contributed by atoms with Gasteiger partial charge >= 0.3 is 5.97 Å². The Morgan fingerprint density at radius 3 is 2.41 bits per heavy atom. The molecule has 6 heteroatoms. The third kappa shape index (κ3) is 4.58. The van der Waals surface area contributed by atoms with Gasteiger partial charge in [0.2, 0.25) is 5.90 Å². The number of rotatable bonds is 7. The maximum Gasteiger partial charge on any atom is 0.363 e. The van der Waals surface area contributed by atoms with Crippen molar-refractivity contribution in [2.24, 2.45) is 4.99 Å². The van der Waals surface area contributed by atoms with Crippen LogP contribution in [0.25, 0.3) is 17.2 Å². The number of methoxy groups -OCH3 is 1. The molecule has 0 saturated carbocycles. The highest BCUT2D eigenvalue weighted by Crippen LogP contribution is 2.37. The minimum absolute atomic E-state index is 0.171. The summed E-state index contributed by atoms with van der Waals surface area (Å²) in [5.74, 6) is 0.574. The molecule has 3 aromatic carbocycles. The average molecular weight is 446 g/mol. The Morgan fingerprint density at radius 1 is 1.03 bits per heavy atom. The van der Waals surface area contributed by atoms with Gasteiger partial charge in [-0.15, -0.1) is 0 Å². The lowest BCUT2D eigenvalue weighted by Crippen LogP contribution is -2.05. The van der Waals surface area contributed by atoms with Crippen molar-refractivity contribution in [1.82, 2.24) is 0 Å². The van der Waals surface area contributed by atoms with Crippen molar-refractivity contribution < 1.29 is 19.0 Å². The standard InChI is InChI=1S/C26H20ClNO4/c1-3-13-31-24-21(27)14-17(16-23(24)30-2)15-22-26(29)32-25(28-22)20-11-9-19(10-12-20)18-7-5-4-6-8-18/h3-12,14-16H,1,13H2,2H3/b22-15-. The largest absolute Gasteiger partial charge is 0.493 e. The zero-order valence-electron chi connectivity index (χ0n) is 17.4. The fourth-order valence-electron chi connectivity index (χ4n) is 3.23. The van der Waals surface area contributed by atoms with Crippen molar-refractivity contribution in [2.75, 3.05) is 13.7 Å². The molecule has 0 aromatic heterocycles. The summed E-state index contributed by atoms with van der Waals surface area (Å²) in [6, 6.07) is 21.1. The van der Waals surface area contributed by atoms with Crippen LogP contribution in [0.3, 0.4) is 0 Å². The van der Waals surface area contributed by atoms with E-state index in [0.717, 1.165) is 11.1 Å². The molecule has 0 aliphatic carbocycles. The second kappa shape index (κ2) is 9.54. The summed E-state index contributed by atoms with van der Waals surface area (Å²) < 4.78 is 16.3. The van der Waals surface area contributed by atoms with Gasteiger partial charge < -0.3 is 14.2 Å². The number of carbonyl (C=O) groups is 1. The van der Waals surface area contributed by atoms with Crippen LogP contribution in [-0.4, -0.2) is 25.6 Å². The van der Waals surface area contributed by atoms with Crippen LogP contribution in [0.1, 0.15) is 11.1 Å². The molecule has 0 bridgehead atoms. The second-order valence-electron chi connectivity index (χ2n) is 6.91. The van der Waals surface area contributed by atoms with E-state index in [0.29, 0.717) is 34.3 Å². The first-order valence-electron chi connectivity index (χ1n) is 9.88. The summed E-state index contributed by atoms with van der Waals surface area (Å²) in [6.45, 7) is 3.91. The predicted molar refractivity (Wildman–Crippen MR) is 126 cm³/mol. The zero-order chi connectivity index (χ0) is 22.5. The Hall–Kier alpha value is -3.83. The number of hydrogen-bond donors (Lipinski definition) is 0. The molecule has 32 heavy (non-hydrogen) atoms. The molecule has 0 spiro atoms. The molecular formula is C26H20ClNO4. The lowest BCUT2D eigenvalue weighted by atomic mass is 10.0. The van der Waals surface area contributed by atoms with Crippen LogP contribution in [0.2, 0.25) is 5.02 Å². The van der Waals surface area contributed by atoms with Crippen molar-refractivity contribution in [3.05, 3.63) is 101 Å². The summed E-state index contributed by atoms with van der Waals surface area (Å²) in [6.07, 6.45) is 3.21. The number of aliphatic imine (C=N–C) groups is 1. The topological polar surface area (TPSA) is 57.1 Å². The van der Waals surface area contributed by atoms with Gasteiger partial charge in [-0.2, -0.15) is 0 Å². The lowest BCUT2D eigenvalue weighted by Gasteiger charge is -2.12. The molecule has 5 nitrogen and oxygen atoms in total. The monoisotopic (exact) mass is 445 g/mol. The summed E-state index contributed by atoms with van der Waals surface area (Å²) in [5, 5.41) is 0.352. The highest BCUT2D eigenvalue weighted by Gasteiger charge is 2.24. The minimum atomic E-state index is -0.533. The molecule has 0 atom stereocenters. The van der Waals surface area contributed by atoms with E-state index in [-0.39, 0.29) is 11.6 Å². The molecule has 0 N–H and O–H groups in total. The van der Waals surface area contributed by atoms with Crippen molar-refractivity contribution >= 4 is 29.5 Å². The van der Waals surface area contributed by atoms with Gasteiger partial charge in [-0.05, 0) is 47.0 Å². The van der Waals surface area contributed by atoms with Crippen LogP contribution in [0.15, 0.2) is 90.1 Å². The van der Waals surface area contributed by atoms with Gasteiger partial charge in [0.05, 0.1) is 12.1 Å². The van der Waals surface area contributed by atoms with Crippen molar-refractivity contribution in [3.8, 4) is 22.6 Å². The first-order valence-corrected chi connectivity index (χ1v) is 10.3. The van der Waals surface area contributed by atoms with E-state index in [9.17, 15) is 4.79 Å². The number of carbonyl (C=O) groups excluding carboxylic acids is 1. The maximum atomic E-state index is 12.4. The third-order valence-corrected chi connectivity index (χ3v) is 5.04. The van der Waals surface area contributed by atoms with Gasteiger partial charge in [0.1, 0.15) is 6.61 Å². The van der Waals surface area contributed by atoms with Crippen molar-refractivity contribution in [3.63, 3.8) is 0 Å². The Morgan fingerprint density at radius 2 is 1.72 bits per heavy atom. The van der Waals surface area contributed by atoms with E-state index in [1.165, 1.54) is 7.11 Å². The molecule has 0 unspecified atom stereocenters. The predicted octanol–water partition coefficient (Wildman–Crippen LogP) is 5.92. The molecule has 0 amide bonds. The van der Waals surface area contributed by atoms with Crippen LogP contribution in [0.5, 0.6) is 11.5 Å². The SMILES string of the molecule is C=CCOc1c(Cl)cc(/C=C2\N=C(c3ccc(-c4ccccc4)cc3)OC2=O)cc1OC. The molecule has 4 rings (SSSR count). The van der Waals surface area contributed by atoms with Gasteiger partial charge in [-0.3, -0.25) is 0 Å². The molecule has 0 radical (unpaired) electrons. The van der Waals surface area contributed by atoms with Gasteiger partial charge in [0.15, 0.2) is 17.2 Å². The lowest BCUT2D eigenvalue weighted by molar-refractivity contribution is -0.129. The fraction of sp³-hybridized carbons (Fsp3) is 0.0769. The van der Waals surface area contributed by atoms with E-state index >= 15 is 0 Å². The minimum Gasteiger partial charge on any atom is -0.493 e. The Bertz CT molecular complexity index is 1210. The summed E-state index contributed by atoms with van der Waals surface area (Å²) >= 11 is 6.34. The van der Waals surface area contributed by atoms with E-state index in [4.69, 9.17) is 25.8 Å². The first-order chi connectivity index (χ1) is 15.6. The maximum absolute atomic E-state index is 12.4. The second-order valence-corrected chi connectivity index (χ2v) is 7.32. The molecule has 1 aliphatic heterocycles. The summed E-state index contributed by atoms with van der Waals surface area (Å²) in [4.78, 5) is 16.8. The van der Waals surface area contributed by atoms with E-state index in [1.54, 1.807) is 24.3 Å². The summed E-state index contributed by atoms with van der Waals surface area (Å²) in [5.41, 5.74) is 3.69. The number of hydrogen-bond acceptors (Lipinski definition) is 5. The fourth-order valence-corrected chi connectivity index (χ4v) is 3.51. The Labute approximate surface area is 191 Å². The van der Waals surface area contributed by atoms with E-state index in [1.807, 2.05) is 54.6 Å². The Kier molecular flexibility index (Phi) is 6.38. The number of ether oxygens (including phenoxy) is 3. The number of esters is 1. The average Bonchev–Trinajstić information content (AvgIpc) is 3.18. The van der Waals surface area contributed by atoms with E-state index in [2.05, 4.69) is 11.6 Å². The number of halogens is 1. The molecule has 0 saturated heterocycles. The Balaban J connectivity index is 1.60. The normalized spacial score (nSPS) is 14.1. The molecular weight excluding hydrogens is 426 g/mol. The van der Waals surface area contributed by atoms with E-state index < -0.39 is 5.97 Å². The third-order valence-electron chi connectivity index (χ3n) is 4.76. The summed E-state index contributed by atoms with van der Waals surface area (Å²) in [7, 11) is 1.52. The number of nitrogens with zero attached hydrogens (tertiary/aromatic N) is 1. The van der Waals surface area contributed by atoms with Crippen LogP contribution in [0, 0.1) is 0 Å².